The fourth-order valence-electron chi connectivity index (χ4n) is 2.47. The Balaban J connectivity index is 1.94. The molecule has 3 rings (SSSR count). The third-order valence-corrected chi connectivity index (χ3v) is 5.13. The van der Waals surface area contributed by atoms with Crippen LogP contribution in [0.5, 0.6) is 0 Å². The maximum atomic E-state index is 12.3. The van der Waals surface area contributed by atoms with Gasteiger partial charge in [-0.15, -0.1) is 10.2 Å². The Kier molecular flexibility index (Phi) is 5.32. The number of ketones is 1. The zero-order chi connectivity index (χ0) is 18.7. The molecule has 2 heterocycles. The molecular formula is C20H23N3O2S. The molecule has 0 bridgehead atoms. The molecule has 2 aromatic heterocycles. The minimum atomic E-state index is -0.363. The van der Waals surface area contributed by atoms with Crippen molar-refractivity contribution in [1.82, 2.24) is 14.8 Å². The van der Waals surface area contributed by atoms with Gasteiger partial charge in [-0.25, -0.2) is 0 Å². The maximum Gasteiger partial charge on any atom is 0.192 e. The van der Waals surface area contributed by atoms with Crippen molar-refractivity contribution < 1.29 is 9.21 Å². The molecule has 136 valence electrons. The number of Topliss-reactive ketones (excluding diaryl/α,β-unsaturated/α-hetero) is 1. The van der Waals surface area contributed by atoms with Gasteiger partial charge in [0, 0.05) is 11.0 Å². The molecule has 26 heavy (non-hydrogen) atoms. The Morgan fingerprint density at radius 2 is 1.92 bits per heavy atom. The van der Waals surface area contributed by atoms with Crippen LogP contribution in [-0.4, -0.2) is 26.3 Å². The normalized spacial score (nSPS) is 11.7. The van der Waals surface area contributed by atoms with E-state index >= 15 is 0 Å². The first-order valence-electron chi connectivity index (χ1n) is 8.54. The van der Waals surface area contributed by atoms with E-state index in [4.69, 9.17) is 4.42 Å². The lowest BCUT2D eigenvalue weighted by Crippen LogP contribution is -2.22. The van der Waals surface area contributed by atoms with Crippen molar-refractivity contribution in [1.29, 1.82) is 0 Å². The molecule has 6 heteroatoms. The number of carbonyl (C=O) groups excluding carboxylic acids is 1. The molecular weight excluding hydrogens is 346 g/mol. The van der Waals surface area contributed by atoms with E-state index in [1.807, 2.05) is 55.7 Å². The van der Waals surface area contributed by atoms with Crippen LogP contribution in [0.4, 0.5) is 0 Å². The summed E-state index contributed by atoms with van der Waals surface area (Å²) in [5.41, 5.74) is 1.79. The fourth-order valence-corrected chi connectivity index (χ4v) is 3.56. The Morgan fingerprint density at radius 3 is 2.58 bits per heavy atom. The highest BCUT2D eigenvalue weighted by molar-refractivity contribution is 7.99. The predicted octanol–water partition coefficient (Wildman–Crippen LogP) is 4.60. The Hall–Kier alpha value is -2.34. The van der Waals surface area contributed by atoms with Gasteiger partial charge < -0.3 is 4.42 Å². The third-order valence-electron chi connectivity index (χ3n) is 4.17. The molecule has 0 atom stereocenters. The molecule has 0 saturated carbocycles. The molecule has 0 saturated heterocycles. The van der Waals surface area contributed by atoms with Crippen LogP contribution in [0.3, 0.4) is 0 Å². The van der Waals surface area contributed by atoms with Gasteiger partial charge in [0.15, 0.2) is 11.0 Å². The molecule has 0 N–H and O–H groups in total. The molecule has 3 aromatic rings. The van der Waals surface area contributed by atoms with Crippen LogP contribution in [-0.2, 0) is 11.3 Å². The van der Waals surface area contributed by atoms with E-state index in [9.17, 15) is 4.79 Å². The van der Waals surface area contributed by atoms with Gasteiger partial charge in [-0.1, -0.05) is 56.8 Å². The van der Waals surface area contributed by atoms with Crippen LogP contribution in [0.25, 0.3) is 11.4 Å². The van der Waals surface area contributed by atoms with Gasteiger partial charge in [-0.05, 0) is 24.6 Å². The molecule has 0 fully saturated rings. The summed E-state index contributed by atoms with van der Waals surface area (Å²) in [4.78, 5) is 12.3. The average molecular weight is 369 g/mol. The standard InChI is InChI=1S/C20H23N3O2S/c1-14-8-5-6-10-16(14)18-21-22-19(26-13-17(24)20(2,3)4)23(18)12-15-9-7-11-25-15/h5-11H,12-13H2,1-4H3. The Bertz CT molecular complexity index is 892. The summed E-state index contributed by atoms with van der Waals surface area (Å²) in [5, 5.41) is 9.48. The molecule has 0 radical (unpaired) electrons. The smallest absolute Gasteiger partial charge is 0.192 e. The van der Waals surface area contributed by atoms with Crippen LogP contribution >= 0.6 is 11.8 Å². The lowest BCUT2D eigenvalue weighted by molar-refractivity contribution is -0.123. The summed E-state index contributed by atoms with van der Waals surface area (Å²) in [6.07, 6.45) is 1.66. The summed E-state index contributed by atoms with van der Waals surface area (Å²) in [7, 11) is 0. The largest absolute Gasteiger partial charge is 0.467 e. The lowest BCUT2D eigenvalue weighted by Gasteiger charge is -2.16. The van der Waals surface area contributed by atoms with Crippen molar-refractivity contribution in [3.8, 4) is 11.4 Å². The monoisotopic (exact) mass is 369 g/mol. The summed E-state index contributed by atoms with van der Waals surface area (Å²) in [5.74, 6) is 2.16. The van der Waals surface area contributed by atoms with Crippen molar-refractivity contribution >= 4 is 17.5 Å². The van der Waals surface area contributed by atoms with Crippen molar-refractivity contribution in [2.75, 3.05) is 5.75 Å². The maximum absolute atomic E-state index is 12.3. The van der Waals surface area contributed by atoms with Gasteiger partial charge in [-0.3, -0.25) is 9.36 Å². The molecule has 1 aromatic carbocycles. The number of carbonyl (C=O) groups is 1. The second kappa shape index (κ2) is 7.50. The van der Waals surface area contributed by atoms with E-state index in [1.165, 1.54) is 11.8 Å². The molecule has 0 spiro atoms. The summed E-state index contributed by atoms with van der Waals surface area (Å²) >= 11 is 1.42. The van der Waals surface area contributed by atoms with Crippen LogP contribution in [0.2, 0.25) is 0 Å². The second-order valence-electron chi connectivity index (χ2n) is 7.25. The zero-order valence-electron chi connectivity index (χ0n) is 15.5. The van der Waals surface area contributed by atoms with Crippen molar-refractivity contribution in [3.05, 3.63) is 54.0 Å². The van der Waals surface area contributed by atoms with Gasteiger partial charge in [0.25, 0.3) is 0 Å². The van der Waals surface area contributed by atoms with E-state index in [2.05, 4.69) is 23.2 Å². The number of thioether (sulfide) groups is 1. The highest BCUT2D eigenvalue weighted by Crippen LogP contribution is 2.28. The Morgan fingerprint density at radius 1 is 1.15 bits per heavy atom. The fraction of sp³-hybridized carbons (Fsp3) is 0.350. The SMILES string of the molecule is Cc1ccccc1-c1nnc(SCC(=O)C(C)(C)C)n1Cc1ccco1. The highest BCUT2D eigenvalue weighted by Gasteiger charge is 2.23. The molecule has 0 aliphatic heterocycles. The highest BCUT2D eigenvalue weighted by atomic mass is 32.2. The summed E-state index contributed by atoms with van der Waals surface area (Å²) in [6, 6.07) is 11.9. The minimum Gasteiger partial charge on any atom is -0.467 e. The number of aromatic nitrogens is 3. The lowest BCUT2D eigenvalue weighted by atomic mass is 9.92. The van der Waals surface area contributed by atoms with E-state index in [0.29, 0.717) is 12.3 Å². The van der Waals surface area contributed by atoms with Crippen LogP contribution in [0.15, 0.2) is 52.2 Å². The van der Waals surface area contributed by atoms with Gasteiger partial charge in [0.2, 0.25) is 0 Å². The van der Waals surface area contributed by atoms with Crippen molar-refractivity contribution in [3.63, 3.8) is 0 Å². The minimum absolute atomic E-state index is 0.187. The van der Waals surface area contributed by atoms with Gasteiger partial charge in [0.05, 0.1) is 18.6 Å². The van der Waals surface area contributed by atoms with Crippen LogP contribution in [0, 0.1) is 12.3 Å². The molecule has 0 aliphatic rings. The number of hydrogen-bond acceptors (Lipinski definition) is 5. The van der Waals surface area contributed by atoms with E-state index in [1.54, 1.807) is 6.26 Å². The van der Waals surface area contributed by atoms with E-state index < -0.39 is 0 Å². The quantitative estimate of drug-likeness (QED) is 0.594. The zero-order valence-corrected chi connectivity index (χ0v) is 16.3. The van der Waals surface area contributed by atoms with Gasteiger partial charge in [-0.2, -0.15) is 0 Å². The summed E-state index contributed by atoms with van der Waals surface area (Å²) < 4.78 is 7.53. The Labute approximate surface area is 157 Å². The topological polar surface area (TPSA) is 60.9 Å². The van der Waals surface area contributed by atoms with Gasteiger partial charge >= 0.3 is 0 Å². The van der Waals surface area contributed by atoms with Crippen LogP contribution < -0.4 is 0 Å². The number of aryl methyl sites for hydroxylation is 1. The van der Waals surface area contributed by atoms with E-state index in [0.717, 1.165) is 27.9 Å². The van der Waals surface area contributed by atoms with Crippen LogP contribution in [0.1, 0.15) is 32.1 Å². The number of nitrogens with zero attached hydrogens (tertiary/aromatic N) is 3. The molecule has 0 aliphatic carbocycles. The second-order valence-corrected chi connectivity index (χ2v) is 8.19. The molecule has 0 unspecified atom stereocenters. The molecule has 0 amide bonds. The average Bonchev–Trinajstić information content (AvgIpc) is 3.23. The first kappa shape index (κ1) is 18.5. The third kappa shape index (κ3) is 4.07. The van der Waals surface area contributed by atoms with Gasteiger partial charge in [0.1, 0.15) is 11.5 Å². The number of benzene rings is 1. The number of furan rings is 1. The molecule has 5 nitrogen and oxygen atoms in total. The number of rotatable bonds is 6. The predicted molar refractivity (Wildman–Crippen MR) is 103 cm³/mol. The first-order valence-corrected chi connectivity index (χ1v) is 9.52. The van der Waals surface area contributed by atoms with Crippen molar-refractivity contribution in [2.45, 2.75) is 39.4 Å². The number of hydrogen-bond donors (Lipinski definition) is 0. The first-order chi connectivity index (χ1) is 12.4. The summed E-state index contributed by atoms with van der Waals surface area (Å²) in [6.45, 7) is 8.37. The van der Waals surface area contributed by atoms with E-state index in [-0.39, 0.29) is 11.2 Å². The van der Waals surface area contributed by atoms with Crippen molar-refractivity contribution in [2.24, 2.45) is 5.41 Å².